The molecule has 4 aromatic carbocycles. The fourth-order valence-corrected chi connectivity index (χ4v) is 5.16. The van der Waals surface area contributed by atoms with Gasteiger partial charge in [-0.2, -0.15) is 0 Å². The van der Waals surface area contributed by atoms with Gasteiger partial charge in [-0.05, 0) is 46.2 Å². The predicted molar refractivity (Wildman–Crippen MR) is 125 cm³/mol. The maximum Gasteiger partial charge on any atom is 0.0452 e. The third kappa shape index (κ3) is 4.13. The molecule has 0 radical (unpaired) electrons. The van der Waals surface area contributed by atoms with Crippen LogP contribution in [0.2, 0.25) is 0 Å². The Hall–Kier alpha value is -2.56. The molecule has 0 heterocycles. The largest absolute Gasteiger partial charge is 0.398 e. The molecular weight excluding hydrogens is 380 g/mol. The molecule has 0 aliphatic rings. The van der Waals surface area contributed by atoms with Gasteiger partial charge in [0, 0.05) is 32.7 Å². The SMILES string of the molecule is Nc1ccccc1SCc1ccc(CSc2ccccc2N)c2ccccc12. The molecule has 0 unspecified atom stereocenters. The number of hydrogen-bond acceptors (Lipinski definition) is 4. The Bertz CT molecular complexity index is 1020. The number of para-hydroxylation sites is 2. The third-order valence-corrected chi connectivity index (χ3v) is 6.99. The van der Waals surface area contributed by atoms with Gasteiger partial charge in [-0.1, -0.05) is 60.7 Å². The van der Waals surface area contributed by atoms with E-state index in [0.717, 1.165) is 32.7 Å². The van der Waals surface area contributed by atoms with Gasteiger partial charge in [0.25, 0.3) is 0 Å². The molecule has 0 fully saturated rings. The van der Waals surface area contributed by atoms with E-state index in [9.17, 15) is 0 Å². The van der Waals surface area contributed by atoms with E-state index in [1.165, 1.54) is 21.9 Å². The average Bonchev–Trinajstić information content (AvgIpc) is 2.73. The van der Waals surface area contributed by atoms with Crippen LogP contribution < -0.4 is 11.5 Å². The van der Waals surface area contributed by atoms with Crippen molar-refractivity contribution in [3.8, 4) is 0 Å². The highest BCUT2D eigenvalue weighted by Gasteiger charge is 2.09. The molecule has 140 valence electrons. The summed E-state index contributed by atoms with van der Waals surface area (Å²) in [5.74, 6) is 1.79. The second kappa shape index (κ2) is 8.63. The second-order valence-electron chi connectivity index (χ2n) is 6.58. The van der Waals surface area contributed by atoms with Crippen molar-refractivity contribution in [3.05, 3.63) is 96.1 Å². The Morgan fingerprint density at radius 3 is 1.32 bits per heavy atom. The lowest BCUT2D eigenvalue weighted by Crippen LogP contribution is -1.92. The number of nitrogens with two attached hydrogens (primary N) is 2. The van der Waals surface area contributed by atoms with Gasteiger partial charge in [-0.3, -0.25) is 0 Å². The maximum atomic E-state index is 6.09. The first-order valence-electron chi connectivity index (χ1n) is 9.16. The van der Waals surface area contributed by atoms with Crippen LogP contribution in [0.1, 0.15) is 11.1 Å². The lowest BCUT2D eigenvalue weighted by molar-refractivity contribution is 1.37. The van der Waals surface area contributed by atoms with Gasteiger partial charge in [0.05, 0.1) is 0 Å². The zero-order valence-corrected chi connectivity index (χ0v) is 17.1. The summed E-state index contributed by atoms with van der Waals surface area (Å²) >= 11 is 3.57. The summed E-state index contributed by atoms with van der Waals surface area (Å²) in [6.07, 6.45) is 0. The second-order valence-corrected chi connectivity index (χ2v) is 8.62. The minimum atomic E-state index is 0.838. The molecule has 2 nitrogen and oxygen atoms in total. The molecule has 0 atom stereocenters. The third-order valence-electron chi connectivity index (χ3n) is 4.71. The van der Waals surface area contributed by atoms with Gasteiger partial charge in [-0.15, -0.1) is 23.5 Å². The van der Waals surface area contributed by atoms with E-state index in [1.54, 1.807) is 23.5 Å². The quantitative estimate of drug-likeness (QED) is 0.282. The molecule has 28 heavy (non-hydrogen) atoms. The van der Waals surface area contributed by atoms with Gasteiger partial charge in [-0.25, -0.2) is 0 Å². The molecule has 4 N–H and O–H groups in total. The van der Waals surface area contributed by atoms with Crippen molar-refractivity contribution in [2.45, 2.75) is 21.3 Å². The summed E-state index contributed by atoms with van der Waals surface area (Å²) < 4.78 is 0. The van der Waals surface area contributed by atoms with Crippen LogP contribution in [0.25, 0.3) is 10.8 Å². The van der Waals surface area contributed by atoms with Crippen LogP contribution in [0.3, 0.4) is 0 Å². The summed E-state index contributed by atoms with van der Waals surface area (Å²) in [6, 6.07) is 29.2. The summed E-state index contributed by atoms with van der Waals surface area (Å²) in [4.78, 5) is 2.26. The first kappa shape index (κ1) is 18.8. The summed E-state index contributed by atoms with van der Waals surface area (Å²) in [5, 5.41) is 2.62. The van der Waals surface area contributed by atoms with Crippen LogP contribution in [0.5, 0.6) is 0 Å². The fourth-order valence-electron chi connectivity index (χ4n) is 3.21. The first-order chi connectivity index (χ1) is 13.7. The van der Waals surface area contributed by atoms with E-state index in [0.29, 0.717) is 0 Å². The Balaban J connectivity index is 1.58. The number of benzene rings is 4. The number of nitrogen functional groups attached to an aromatic ring is 2. The highest BCUT2D eigenvalue weighted by atomic mass is 32.2. The standard InChI is InChI=1S/C24H22N2S2/c25-21-9-3-5-11-23(21)27-15-17-13-14-18(20-8-2-1-7-19(17)20)16-28-24-12-6-4-10-22(24)26/h1-14H,15-16,25-26H2. The summed E-state index contributed by atoms with van der Waals surface area (Å²) in [5.41, 5.74) is 16.5. The average molecular weight is 403 g/mol. The molecule has 0 aromatic heterocycles. The van der Waals surface area contributed by atoms with E-state index >= 15 is 0 Å². The van der Waals surface area contributed by atoms with Crippen LogP contribution in [-0.4, -0.2) is 0 Å². The summed E-state index contributed by atoms with van der Waals surface area (Å²) in [6.45, 7) is 0. The van der Waals surface area contributed by atoms with Crippen molar-refractivity contribution >= 4 is 45.7 Å². The van der Waals surface area contributed by atoms with E-state index in [1.807, 2.05) is 36.4 Å². The Morgan fingerprint density at radius 2 is 0.893 bits per heavy atom. The number of anilines is 2. The minimum absolute atomic E-state index is 0.838. The molecule has 0 saturated carbocycles. The number of rotatable bonds is 6. The van der Waals surface area contributed by atoms with Crippen molar-refractivity contribution in [1.82, 2.24) is 0 Å². The Morgan fingerprint density at radius 1 is 0.500 bits per heavy atom. The van der Waals surface area contributed by atoms with Crippen molar-refractivity contribution in [3.63, 3.8) is 0 Å². The number of thioether (sulfide) groups is 2. The lowest BCUT2D eigenvalue weighted by Gasteiger charge is -2.12. The molecule has 0 aliphatic carbocycles. The van der Waals surface area contributed by atoms with Crippen molar-refractivity contribution in [2.24, 2.45) is 0 Å². The van der Waals surface area contributed by atoms with Gasteiger partial charge < -0.3 is 11.5 Å². The van der Waals surface area contributed by atoms with E-state index in [-0.39, 0.29) is 0 Å². The molecular formula is C24H22N2S2. The van der Waals surface area contributed by atoms with Crippen LogP contribution in [0.4, 0.5) is 11.4 Å². The fraction of sp³-hybridized carbons (Fsp3) is 0.0833. The maximum absolute atomic E-state index is 6.09. The monoisotopic (exact) mass is 402 g/mol. The first-order valence-corrected chi connectivity index (χ1v) is 11.1. The summed E-state index contributed by atoms with van der Waals surface area (Å²) in [7, 11) is 0. The Kier molecular flexibility index (Phi) is 5.79. The zero-order chi connectivity index (χ0) is 19.3. The molecule has 4 aromatic rings. The van der Waals surface area contributed by atoms with Gasteiger partial charge in [0.1, 0.15) is 0 Å². The molecule has 4 rings (SSSR count). The lowest BCUT2D eigenvalue weighted by atomic mass is 10.0. The molecule has 0 saturated heterocycles. The van der Waals surface area contributed by atoms with Crippen LogP contribution >= 0.6 is 23.5 Å². The molecule has 4 heteroatoms. The Labute approximate surface area is 174 Å². The van der Waals surface area contributed by atoms with Gasteiger partial charge in [0.15, 0.2) is 0 Å². The normalized spacial score (nSPS) is 11.0. The van der Waals surface area contributed by atoms with Gasteiger partial charge >= 0.3 is 0 Å². The molecule has 0 amide bonds. The van der Waals surface area contributed by atoms with E-state index < -0.39 is 0 Å². The van der Waals surface area contributed by atoms with Crippen molar-refractivity contribution in [1.29, 1.82) is 0 Å². The molecule has 0 bridgehead atoms. The van der Waals surface area contributed by atoms with Crippen molar-refractivity contribution in [2.75, 3.05) is 11.5 Å². The zero-order valence-electron chi connectivity index (χ0n) is 15.5. The van der Waals surface area contributed by atoms with E-state index in [4.69, 9.17) is 11.5 Å². The van der Waals surface area contributed by atoms with E-state index in [2.05, 4.69) is 48.5 Å². The smallest absolute Gasteiger partial charge is 0.0452 e. The van der Waals surface area contributed by atoms with Crippen LogP contribution in [-0.2, 0) is 11.5 Å². The molecule has 0 spiro atoms. The number of hydrogen-bond donors (Lipinski definition) is 2. The highest BCUT2D eigenvalue weighted by Crippen LogP contribution is 2.34. The van der Waals surface area contributed by atoms with Crippen LogP contribution in [0, 0.1) is 0 Å². The highest BCUT2D eigenvalue weighted by molar-refractivity contribution is 7.99. The minimum Gasteiger partial charge on any atom is -0.398 e. The van der Waals surface area contributed by atoms with Crippen LogP contribution in [0.15, 0.2) is 94.7 Å². The van der Waals surface area contributed by atoms with Crippen molar-refractivity contribution < 1.29 is 0 Å². The van der Waals surface area contributed by atoms with Gasteiger partial charge in [0.2, 0.25) is 0 Å². The topological polar surface area (TPSA) is 52.0 Å². The predicted octanol–water partition coefficient (Wildman–Crippen LogP) is 6.59. The molecule has 0 aliphatic heterocycles. The number of fused-ring (bicyclic) bond motifs is 1.